The Labute approximate surface area is 92.8 Å². The molecule has 0 amide bonds. The third kappa shape index (κ3) is 3.51. The van der Waals surface area contributed by atoms with Crippen molar-refractivity contribution in [1.82, 2.24) is 0 Å². The Hall–Kier alpha value is -1.62. The maximum absolute atomic E-state index is 12.6. The molecule has 1 aromatic rings. The van der Waals surface area contributed by atoms with Crippen molar-refractivity contribution in [1.29, 1.82) is 0 Å². The van der Waals surface area contributed by atoms with Crippen molar-refractivity contribution in [3.8, 4) is 5.75 Å². The van der Waals surface area contributed by atoms with Crippen molar-refractivity contribution < 1.29 is 19.0 Å². The maximum Gasteiger partial charge on any atom is 0.323 e. The summed E-state index contributed by atoms with van der Waals surface area (Å²) in [4.78, 5) is 10.7. The van der Waals surface area contributed by atoms with Gasteiger partial charge in [0.05, 0.1) is 6.61 Å². The number of aliphatic carboxylic acids is 1. The van der Waals surface area contributed by atoms with E-state index < -0.39 is 11.5 Å². The van der Waals surface area contributed by atoms with Crippen molar-refractivity contribution in [2.24, 2.45) is 5.73 Å². The van der Waals surface area contributed by atoms with E-state index in [-0.39, 0.29) is 18.8 Å². The number of hydrogen-bond donors (Lipinski definition) is 2. The Morgan fingerprint density at radius 3 is 2.56 bits per heavy atom. The van der Waals surface area contributed by atoms with Gasteiger partial charge in [-0.25, -0.2) is 4.39 Å². The lowest BCUT2D eigenvalue weighted by molar-refractivity contribution is -0.143. The van der Waals surface area contributed by atoms with Crippen molar-refractivity contribution >= 4 is 5.97 Å². The topological polar surface area (TPSA) is 72.5 Å². The number of carbonyl (C=O) groups is 1. The Morgan fingerprint density at radius 1 is 1.50 bits per heavy atom. The third-order valence-electron chi connectivity index (χ3n) is 2.19. The predicted molar refractivity (Wildman–Crippen MR) is 56.7 cm³/mol. The van der Waals surface area contributed by atoms with Gasteiger partial charge >= 0.3 is 5.97 Å². The van der Waals surface area contributed by atoms with E-state index in [1.807, 2.05) is 0 Å². The number of hydrogen-bond acceptors (Lipinski definition) is 3. The van der Waals surface area contributed by atoms with E-state index in [2.05, 4.69) is 0 Å². The lowest BCUT2D eigenvalue weighted by atomic mass is 10.0. The van der Waals surface area contributed by atoms with E-state index in [0.29, 0.717) is 5.75 Å². The molecule has 5 heteroatoms. The second-order valence-corrected chi connectivity index (χ2v) is 3.78. The van der Waals surface area contributed by atoms with E-state index in [1.54, 1.807) is 0 Å². The first-order valence-electron chi connectivity index (χ1n) is 4.82. The fourth-order valence-corrected chi connectivity index (χ4v) is 1.02. The molecule has 0 saturated heterocycles. The molecule has 0 saturated carbocycles. The van der Waals surface area contributed by atoms with E-state index in [1.165, 1.54) is 31.2 Å². The van der Waals surface area contributed by atoms with Crippen LogP contribution in [0.5, 0.6) is 5.75 Å². The van der Waals surface area contributed by atoms with Gasteiger partial charge in [0, 0.05) is 6.42 Å². The maximum atomic E-state index is 12.6. The van der Waals surface area contributed by atoms with Gasteiger partial charge in [-0.15, -0.1) is 0 Å². The number of carboxylic acid groups (broad SMARTS) is 1. The minimum Gasteiger partial charge on any atom is -0.494 e. The van der Waals surface area contributed by atoms with E-state index in [0.717, 1.165) is 0 Å². The quantitative estimate of drug-likeness (QED) is 0.797. The number of rotatable bonds is 5. The van der Waals surface area contributed by atoms with Gasteiger partial charge in [0.25, 0.3) is 0 Å². The lowest BCUT2D eigenvalue weighted by Crippen LogP contribution is -2.45. The summed E-state index contributed by atoms with van der Waals surface area (Å²) in [6.07, 6.45) is 0.180. The summed E-state index contributed by atoms with van der Waals surface area (Å²) >= 11 is 0. The average molecular weight is 227 g/mol. The molecule has 0 aliphatic rings. The first-order valence-corrected chi connectivity index (χ1v) is 4.82. The Balaban J connectivity index is 2.41. The van der Waals surface area contributed by atoms with Gasteiger partial charge in [-0.2, -0.15) is 0 Å². The molecule has 0 spiro atoms. The first-order chi connectivity index (χ1) is 7.42. The molecule has 0 bridgehead atoms. The van der Waals surface area contributed by atoms with Crippen LogP contribution in [0.2, 0.25) is 0 Å². The fraction of sp³-hybridized carbons (Fsp3) is 0.364. The minimum atomic E-state index is -1.31. The van der Waals surface area contributed by atoms with Gasteiger partial charge in [0.1, 0.15) is 17.1 Å². The molecule has 0 aliphatic carbocycles. The normalized spacial score (nSPS) is 14.2. The smallest absolute Gasteiger partial charge is 0.323 e. The van der Waals surface area contributed by atoms with Crippen LogP contribution < -0.4 is 10.5 Å². The predicted octanol–water partition coefficient (Wildman–Crippen LogP) is 1.40. The number of nitrogens with two attached hydrogens (primary N) is 1. The van der Waals surface area contributed by atoms with Crippen LogP contribution in [0.1, 0.15) is 13.3 Å². The molecule has 1 unspecified atom stereocenters. The van der Waals surface area contributed by atoms with Gasteiger partial charge in [0.15, 0.2) is 0 Å². The minimum absolute atomic E-state index is 0.172. The molecule has 1 rings (SSSR count). The van der Waals surface area contributed by atoms with Gasteiger partial charge in [0.2, 0.25) is 0 Å². The van der Waals surface area contributed by atoms with Crippen molar-refractivity contribution in [3.05, 3.63) is 30.1 Å². The van der Waals surface area contributed by atoms with Crippen molar-refractivity contribution in [2.45, 2.75) is 18.9 Å². The standard InChI is InChI=1S/C11H14FNO3/c1-11(13,10(14)15)6-7-16-9-4-2-8(12)3-5-9/h2-5H,6-7,13H2,1H3,(H,14,15). The molecule has 0 radical (unpaired) electrons. The first kappa shape index (κ1) is 12.4. The van der Waals surface area contributed by atoms with E-state index >= 15 is 0 Å². The van der Waals surface area contributed by atoms with Crippen LogP contribution in [-0.2, 0) is 4.79 Å². The molecule has 0 aliphatic heterocycles. The summed E-state index contributed by atoms with van der Waals surface area (Å²) in [5.74, 6) is -0.931. The van der Waals surface area contributed by atoms with Gasteiger partial charge in [-0.3, -0.25) is 4.79 Å². The van der Waals surface area contributed by atoms with Crippen LogP contribution in [0.3, 0.4) is 0 Å². The largest absolute Gasteiger partial charge is 0.494 e. The summed E-state index contributed by atoms with van der Waals surface area (Å²) in [6.45, 7) is 1.59. The molecule has 88 valence electrons. The molecule has 4 nitrogen and oxygen atoms in total. The summed E-state index contributed by atoms with van der Waals surface area (Å²) in [5, 5.41) is 8.74. The Kier molecular flexibility index (Phi) is 3.84. The highest BCUT2D eigenvalue weighted by molar-refractivity contribution is 5.77. The van der Waals surface area contributed by atoms with E-state index in [4.69, 9.17) is 15.6 Å². The third-order valence-corrected chi connectivity index (χ3v) is 2.19. The highest BCUT2D eigenvalue weighted by Gasteiger charge is 2.27. The summed E-state index contributed by atoms with van der Waals surface area (Å²) < 4.78 is 17.8. The summed E-state index contributed by atoms with van der Waals surface area (Å²) in [7, 11) is 0. The van der Waals surface area contributed by atoms with Crippen LogP contribution in [0, 0.1) is 5.82 Å². The Bertz CT molecular complexity index is 362. The van der Waals surface area contributed by atoms with Crippen LogP contribution in [0.4, 0.5) is 4.39 Å². The number of carboxylic acids is 1. The van der Waals surface area contributed by atoms with Gasteiger partial charge in [-0.05, 0) is 31.2 Å². The van der Waals surface area contributed by atoms with Crippen LogP contribution in [-0.4, -0.2) is 23.2 Å². The fourth-order valence-electron chi connectivity index (χ4n) is 1.02. The zero-order valence-corrected chi connectivity index (χ0v) is 8.94. The number of halogens is 1. The van der Waals surface area contributed by atoms with Gasteiger partial charge in [-0.1, -0.05) is 0 Å². The van der Waals surface area contributed by atoms with Crippen molar-refractivity contribution in [2.75, 3.05) is 6.61 Å². The molecular weight excluding hydrogens is 213 g/mol. The average Bonchev–Trinajstić information content (AvgIpc) is 2.20. The molecule has 1 atom stereocenters. The molecule has 3 N–H and O–H groups in total. The van der Waals surface area contributed by atoms with E-state index in [9.17, 15) is 9.18 Å². The molecule has 1 aromatic carbocycles. The van der Waals surface area contributed by atoms with Crippen LogP contribution >= 0.6 is 0 Å². The molecule has 0 fully saturated rings. The zero-order chi connectivity index (χ0) is 12.2. The molecule has 0 heterocycles. The molecule has 16 heavy (non-hydrogen) atoms. The Morgan fingerprint density at radius 2 is 2.06 bits per heavy atom. The lowest BCUT2D eigenvalue weighted by Gasteiger charge is -2.18. The summed E-state index contributed by atoms with van der Waals surface area (Å²) in [6, 6.07) is 5.50. The molecule has 0 aromatic heterocycles. The van der Waals surface area contributed by atoms with Crippen molar-refractivity contribution in [3.63, 3.8) is 0 Å². The SMILES string of the molecule is CC(N)(CCOc1ccc(F)cc1)C(=O)O. The number of benzene rings is 1. The van der Waals surface area contributed by atoms with Gasteiger partial charge < -0.3 is 15.6 Å². The molecular formula is C11H14FNO3. The highest BCUT2D eigenvalue weighted by Crippen LogP contribution is 2.13. The monoisotopic (exact) mass is 227 g/mol. The van der Waals surface area contributed by atoms with Crippen LogP contribution in [0.25, 0.3) is 0 Å². The second kappa shape index (κ2) is 4.94. The second-order valence-electron chi connectivity index (χ2n) is 3.78. The summed E-state index contributed by atoms with van der Waals surface area (Å²) in [5.41, 5.74) is 4.20. The zero-order valence-electron chi connectivity index (χ0n) is 8.94. The number of ether oxygens (including phenoxy) is 1. The highest BCUT2D eigenvalue weighted by atomic mass is 19.1. The van der Waals surface area contributed by atoms with Crippen LogP contribution in [0.15, 0.2) is 24.3 Å².